The van der Waals surface area contributed by atoms with Crippen molar-refractivity contribution in [3.63, 3.8) is 0 Å². The minimum Gasteiger partial charge on any atom is -0.353 e. The van der Waals surface area contributed by atoms with Gasteiger partial charge < -0.3 is 19.6 Å². The molecule has 0 N–H and O–H groups in total. The van der Waals surface area contributed by atoms with Gasteiger partial charge in [0.1, 0.15) is 12.3 Å². The van der Waals surface area contributed by atoms with Gasteiger partial charge in [-0.25, -0.2) is 0 Å². The molecule has 4 atom stereocenters. The topological polar surface area (TPSA) is 13.0 Å². The molecule has 0 bridgehead atoms. The summed E-state index contributed by atoms with van der Waals surface area (Å²) in [5.74, 6) is 1.83. The van der Waals surface area contributed by atoms with Gasteiger partial charge in [0.2, 0.25) is 0 Å². The van der Waals surface area contributed by atoms with E-state index in [1.807, 2.05) is 5.90 Å². The van der Waals surface area contributed by atoms with Crippen LogP contribution in [-0.2, 0) is 0 Å². The van der Waals surface area contributed by atoms with Gasteiger partial charge in [-0.2, -0.15) is 0 Å². The Morgan fingerprint density at radius 3 is 1.10 bits per heavy atom. The molecule has 0 aromatic carbocycles. The first-order valence-electron chi connectivity index (χ1n) is 21.9. The Labute approximate surface area is 297 Å². The third kappa shape index (κ3) is 5.92. The number of unbranched alkanes of at least 4 members (excludes halogenated alkanes) is 2. The van der Waals surface area contributed by atoms with Crippen molar-refractivity contribution in [2.24, 2.45) is 0 Å². The molecular weight excluding hydrogens is 622 g/mol. The zero-order chi connectivity index (χ0) is 32.6. The Morgan fingerprint density at radius 1 is 0.458 bits per heavy atom. The van der Waals surface area contributed by atoms with Crippen LogP contribution >= 0.6 is 14.5 Å². The molecule has 270 valence electrons. The second-order valence-corrected chi connectivity index (χ2v) is 27.3. The van der Waals surface area contributed by atoms with Crippen LogP contribution in [0.1, 0.15) is 168 Å². The summed E-state index contributed by atoms with van der Waals surface area (Å²) in [4.78, 5) is 12.0. The van der Waals surface area contributed by atoms with Gasteiger partial charge in [-0.05, 0) is 116 Å². The van der Waals surface area contributed by atoms with Crippen LogP contribution in [0.2, 0.25) is 0 Å². The highest BCUT2D eigenvalue weighted by Gasteiger charge is 2.83. The van der Waals surface area contributed by atoms with Crippen LogP contribution in [0.4, 0.5) is 0 Å². The van der Waals surface area contributed by atoms with E-state index in [0.29, 0.717) is 12.3 Å². The molecule has 6 heteroatoms. The molecule has 0 amide bonds. The summed E-state index contributed by atoms with van der Waals surface area (Å²) in [7, 11) is -2.62. The molecule has 0 aromatic heterocycles. The quantitative estimate of drug-likeness (QED) is 0.211. The van der Waals surface area contributed by atoms with Crippen LogP contribution in [0.25, 0.3) is 0 Å². The number of rotatable bonds is 10. The first-order valence-corrected chi connectivity index (χ1v) is 26.2. The number of hydrogen-bond donors (Lipinski definition) is 0. The highest BCUT2D eigenvalue weighted by atomic mass is 31.2. The van der Waals surface area contributed by atoms with E-state index in [4.69, 9.17) is 0 Å². The number of fused-ring (bicyclic) bond motifs is 5. The van der Waals surface area contributed by atoms with Crippen molar-refractivity contribution >= 4 is 14.5 Å². The van der Waals surface area contributed by atoms with Crippen LogP contribution in [-0.4, -0.2) is 91.5 Å². The summed E-state index contributed by atoms with van der Waals surface area (Å²) in [5.41, 5.74) is 6.19. The fourth-order valence-electron chi connectivity index (χ4n) is 13.7. The zero-order valence-corrected chi connectivity index (χ0v) is 33.2. The molecule has 0 aromatic rings. The standard InChI is InChI=1S/C42H74N4P2/c1-3-5-27-43-29-31-45-33-46-32-30-44(28-6-4-2)42(46)40-39(41(43)45)47(35-19-11-7-12-20-35,36-21-13-8-14-22-36)34-48(40,37-23-15-9-16-24-37)38-25-17-10-18-26-38/h29-32,35-42H,3-28,33-34H2,1-2H3/q+2/t39-,40?,41?,42?/m0/s1. The van der Waals surface area contributed by atoms with Crippen LogP contribution < -0.4 is 0 Å². The Kier molecular flexibility index (Phi) is 11.0. The van der Waals surface area contributed by atoms with Crippen molar-refractivity contribution in [1.82, 2.24) is 19.6 Å². The molecular formula is C42H74N4P2+2. The molecule has 0 spiro atoms. The molecule has 48 heavy (non-hydrogen) atoms. The monoisotopic (exact) mass is 697 g/mol. The van der Waals surface area contributed by atoms with Gasteiger partial charge >= 0.3 is 0 Å². The van der Waals surface area contributed by atoms with Crippen molar-refractivity contribution in [2.75, 3.05) is 25.7 Å². The Hall–Kier alpha value is -0.460. The van der Waals surface area contributed by atoms with E-state index in [1.54, 1.807) is 103 Å². The molecule has 4 saturated carbocycles. The summed E-state index contributed by atoms with van der Waals surface area (Å²) in [5, 5.41) is 0. The minimum absolute atomic E-state index is 0.639. The molecule has 8 aliphatic rings. The molecule has 4 heterocycles. The summed E-state index contributed by atoms with van der Waals surface area (Å²) in [6.45, 7) is 8.56. The molecule has 4 aliphatic carbocycles. The van der Waals surface area contributed by atoms with Gasteiger partial charge in [-0.1, -0.05) is 52.4 Å². The lowest BCUT2D eigenvalue weighted by Gasteiger charge is -2.47. The summed E-state index contributed by atoms with van der Waals surface area (Å²) >= 11 is 0. The fourth-order valence-corrected chi connectivity index (χ4v) is 35.4. The molecule has 8 rings (SSSR count). The van der Waals surface area contributed by atoms with Crippen LogP contribution in [0.5, 0.6) is 0 Å². The lowest BCUT2D eigenvalue weighted by molar-refractivity contribution is 0.103. The van der Waals surface area contributed by atoms with E-state index >= 15 is 0 Å². The average Bonchev–Trinajstić information content (AvgIpc) is 3.80. The molecule has 0 radical (unpaired) electrons. The number of hydrogen-bond acceptors (Lipinski definition) is 4. The Morgan fingerprint density at radius 2 is 0.792 bits per heavy atom. The van der Waals surface area contributed by atoms with E-state index in [-0.39, 0.29) is 0 Å². The maximum absolute atomic E-state index is 3.01. The van der Waals surface area contributed by atoms with Gasteiger partial charge in [0.15, 0.2) is 17.2 Å². The van der Waals surface area contributed by atoms with Gasteiger partial charge in [0.05, 0.1) is 43.8 Å². The summed E-state index contributed by atoms with van der Waals surface area (Å²) < 4.78 is 0. The lowest BCUT2D eigenvalue weighted by atomic mass is 9.99. The predicted molar refractivity (Wildman–Crippen MR) is 211 cm³/mol. The minimum atomic E-state index is -1.31. The zero-order valence-electron chi connectivity index (χ0n) is 31.4. The fraction of sp³-hybridized carbons (Fsp3) is 0.905. The third-order valence-electron chi connectivity index (χ3n) is 15.7. The normalized spacial score (nSPS) is 34.5. The van der Waals surface area contributed by atoms with E-state index in [0.717, 1.165) is 40.6 Å². The highest BCUT2D eigenvalue weighted by molar-refractivity contribution is 7.97. The van der Waals surface area contributed by atoms with Crippen LogP contribution in [0, 0.1) is 0 Å². The van der Waals surface area contributed by atoms with Gasteiger partial charge in [-0.3, -0.25) is 0 Å². The lowest BCUT2D eigenvalue weighted by Crippen LogP contribution is -2.56. The van der Waals surface area contributed by atoms with Gasteiger partial charge in [0, 0.05) is 37.9 Å². The van der Waals surface area contributed by atoms with Crippen molar-refractivity contribution in [2.45, 2.75) is 214 Å². The Balaban J connectivity index is 1.37. The van der Waals surface area contributed by atoms with Crippen molar-refractivity contribution in [3.05, 3.63) is 24.8 Å². The highest BCUT2D eigenvalue weighted by Crippen LogP contribution is 2.97. The number of nitrogens with zero attached hydrogens (tertiary/aromatic N) is 4. The van der Waals surface area contributed by atoms with Gasteiger partial charge in [-0.15, -0.1) is 0 Å². The first-order chi connectivity index (χ1) is 23.7. The second kappa shape index (κ2) is 15.3. The van der Waals surface area contributed by atoms with E-state index in [2.05, 4.69) is 58.2 Å². The average molecular weight is 697 g/mol. The molecule has 2 saturated heterocycles. The van der Waals surface area contributed by atoms with Crippen LogP contribution in [0.15, 0.2) is 24.8 Å². The second-order valence-electron chi connectivity index (χ2n) is 18.1. The smallest absolute Gasteiger partial charge is 0.162 e. The summed E-state index contributed by atoms with van der Waals surface area (Å²) in [6.07, 6.45) is 48.4. The van der Waals surface area contributed by atoms with Crippen LogP contribution in [0.3, 0.4) is 0 Å². The largest absolute Gasteiger partial charge is 0.353 e. The molecule has 4 nitrogen and oxygen atoms in total. The van der Waals surface area contributed by atoms with E-state index < -0.39 is 14.5 Å². The van der Waals surface area contributed by atoms with E-state index in [9.17, 15) is 0 Å². The summed E-state index contributed by atoms with van der Waals surface area (Å²) in [6, 6.07) is 0. The molecule has 4 aliphatic heterocycles. The maximum Gasteiger partial charge on any atom is 0.162 e. The molecule has 3 unspecified atom stereocenters. The van der Waals surface area contributed by atoms with Crippen molar-refractivity contribution in [3.8, 4) is 0 Å². The third-order valence-corrected chi connectivity index (χ3v) is 30.8. The Bertz CT molecular complexity index is 981. The maximum atomic E-state index is 3.01. The SMILES string of the molecule is CCCCN1C=CN2CN3C=CN(CCCC)C3[C@@H]3C(C12)[P+](C1CCCCC1)(C1CCCCC1)C[P+]3(C1CCCCC1)C1CCCCC1. The molecule has 6 fully saturated rings. The van der Waals surface area contributed by atoms with Crippen molar-refractivity contribution < 1.29 is 0 Å². The first kappa shape index (κ1) is 34.6. The predicted octanol–water partition coefficient (Wildman–Crippen LogP) is 11.5. The van der Waals surface area contributed by atoms with E-state index in [1.165, 1.54) is 64.5 Å². The van der Waals surface area contributed by atoms with Gasteiger partial charge in [0.25, 0.3) is 0 Å². The van der Waals surface area contributed by atoms with Crippen molar-refractivity contribution in [1.29, 1.82) is 0 Å².